The van der Waals surface area contributed by atoms with Gasteiger partial charge in [0.15, 0.2) is 5.82 Å². The number of phenols is 1. The Morgan fingerprint density at radius 2 is 2.29 bits per heavy atom. The topological polar surface area (TPSA) is 71.2 Å². The van der Waals surface area contributed by atoms with E-state index in [1.54, 1.807) is 0 Å². The molecule has 0 atom stereocenters. The summed E-state index contributed by atoms with van der Waals surface area (Å²) in [6.45, 7) is 3.26. The molecule has 17 heavy (non-hydrogen) atoms. The second kappa shape index (κ2) is 5.45. The number of benzene rings is 1. The molecule has 0 unspecified atom stereocenters. The molecule has 2 N–H and O–H groups in total. The van der Waals surface area contributed by atoms with Crippen molar-refractivity contribution in [2.24, 2.45) is 0 Å². The number of nitrogens with one attached hydrogen (secondary N) is 1. The fourth-order valence-corrected chi connectivity index (χ4v) is 1.59. The predicted octanol–water partition coefficient (Wildman–Crippen LogP) is 1.42. The highest BCUT2D eigenvalue weighted by atomic mass is 16.5. The Morgan fingerprint density at radius 3 is 3.06 bits per heavy atom. The molecule has 2 rings (SSSR count). The second-order valence-electron chi connectivity index (χ2n) is 3.86. The molecule has 0 aliphatic rings. The van der Waals surface area contributed by atoms with Gasteiger partial charge in [0.25, 0.3) is 0 Å². The van der Waals surface area contributed by atoms with Crippen LogP contribution in [0.3, 0.4) is 0 Å². The van der Waals surface area contributed by atoms with Crippen LogP contribution in [0.5, 0.6) is 5.75 Å². The van der Waals surface area contributed by atoms with E-state index in [0.717, 1.165) is 17.7 Å². The molecule has 2 aromatic rings. The average Bonchev–Trinajstić information content (AvgIpc) is 2.83. The lowest BCUT2D eigenvalue weighted by molar-refractivity contribution is 0.409. The molecule has 5 nitrogen and oxygen atoms in total. The number of hydrogen-bond donors (Lipinski definition) is 2. The van der Waals surface area contributed by atoms with Crippen molar-refractivity contribution in [2.45, 2.75) is 19.9 Å². The Bertz CT molecular complexity index is 469. The van der Waals surface area contributed by atoms with Crippen LogP contribution in [0.1, 0.15) is 17.0 Å². The van der Waals surface area contributed by atoms with Crippen molar-refractivity contribution in [3.05, 3.63) is 41.5 Å². The summed E-state index contributed by atoms with van der Waals surface area (Å²) in [6.07, 6.45) is 2.03. The van der Waals surface area contributed by atoms with Crippen molar-refractivity contribution in [1.29, 1.82) is 0 Å². The third-order valence-electron chi connectivity index (χ3n) is 2.57. The molecule has 0 spiro atoms. The molecule has 1 heterocycles. The molecule has 0 fully saturated rings. The van der Waals surface area contributed by atoms with Gasteiger partial charge in [0, 0.05) is 25.1 Å². The first-order valence-electron chi connectivity index (χ1n) is 5.51. The molecular formula is C12H15N3O2. The molecule has 0 saturated heterocycles. The first-order valence-corrected chi connectivity index (χ1v) is 5.51. The Balaban J connectivity index is 1.80. The molecule has 0 amide bonds. The van der Waals surface area contributed by atoms with Crippen LogP contribution in [0.2, 0.25) is 0 Å². The zero-order valence-corrected chi connectivity index (χ0v) is 9.68. The lowest BCUT2D eigenvalue weighted by Gasteiger charge is -2.07. The number of aromatic hydroxyl groups is 1. The Morgan fingerprint density at radius 1 is 1.41 bits per heavy atom. The van der Waals surface area contributed by atoms with Crippen molar-refractivity contribution in [1.82, 2.24) is 15.5 Å². The second-order valence-corrected chi connectivity index (χ2v) is 3.86. The van der Waals surface area contributed by atoms with Gasteiger partial charge in [0.1, 0.15) is 5.75 Å². The largest absolute Gasteiger partial charge is 0.507 e. The lowest BCUT2D eigenvalue weighted by Crippen LogP contribution is -2.17. The summed E-state index contributed by atoms with van der Waals surface area (Å²) < 4.78 is 4.64. The van der Waals surface area contributed by atoms with Crippen molar-refractivity contribution >= 4 is 0 Å². The maximum absolute atomic E-state index is 9.80. The van der Waals surface area contributed by atoms with Crippen LogP contribution in [0.15, 0.2) is 29.1 Å². The van der Waals surface area contributed by atoms with E-state index in [-0.39, 0.29) is 0 Å². The molecule has 1 aromatic heterocycles. The van der Waals surface area contributed by atoms with Crippen LogP contribution < -0.4 is 5.32 Å². The third-order valence-corrected chi connectivity index (χ3v) is 2.57. The Labute approximate surface area is 99.5 Å². The van der Waals surface area contributed by atoms with E-state index in [9.17, 15) is 5.11 Å². The fraction of sp³-hybridized carbons (Fsp3) is 0.333. The van der Waals surface area contributed by atoms with Gasteiger partial charge in [-0.1, -0.05) is 23.4 Å². The van der Waals surface area contributed by atoms with Gasteiger partial charge in [0.05, 0.1) is 0 Å². The SMILES string of the molecule is Cc1cccc(CNCCc2ncon2)c1O. The number of para-hydroxylation sites is 1. The van der Waals surface area contributed by atoms with Crippen LogP contribution in [0, 0.1) is 6.92 Å². The first kappa shape index (κ1) is 11.6. The zero-order valence-electron chi connectivity index (χ0n) is 9.68. The highest BCUT2D eigenvalue weighted by molar-refractivity contribution is 5.39. The minimum atomic E-state index is 0.361. The van der Waals surface area contributed by atoms with Crippen molar-refractivity contribution in [3.8, 4) is 5.75 Å². The molecule has 0 aliphatic carbocycles. The molecular weight excluding hydrogens is 218 g/mol. The monoisotopic (exact) mass is 233 g/mol. The highest BCUT2D eigenvalue weighted by Gasteiger charge is 2.03. The summed E-state index contributed by atoms with van der Waals surface area (Å²) in [5, 5.41) is 16.7. The molecule has 0 bridgehead atoms. The standard InChI is InChI=1S/C12H15N3O2/c1-9-3-2-4-10(12(9)16)7-13-6-5-11-14-8-17-15-11/h2-4,8,13,16H,5-7H2,1H3. The number of aryl methyl sites for hydroxylation is 1. The van der Waals surface area contributed by atoms with Gasteiger partial charge in [0.2, 0.25) is 6.39 Å². The highest BCUT2D eigenvalue weighted by Crippen LogP contribution is 2.20. The maximum Gasteiger partial charge on any atom is 0.213 e. The normalized spacial score (nSPS) is 10.6. The van der Waals surface area contributed by atoms with Gasteiger partial charge in [-0.2, -0.15) is 4.98 Å². The van der Waals surface area contributed by atoms with Gasteiger partial charge >= 0.3 is 0 Å². The summed E-state index contributed by atoms with van der Waals surface area (Å²) in [7, 11) is 0. The van der Waals surface area contributed by atoms with Gasteiger partial charge in [-0.25, -0.2) is 0 Å². The number of rotatable bonds is 5. The lowest BCUT2D eigenvalue weighted by atomic mass is 10.1. The molecule has 1 aromatic carbocycles. The van der Waals surface area contributed by atoms with Crippen LogP contribution in [-0.4, -0.2) is 21.8 Å². The smallest absolute Gasteiger partial charge is 0.213 e. The number of nitrogens with zero attached hydrogens (tertiary/aromatic N) is 2. The quantitative estimate of drug-likeness (QED) is 0.764. The molecule has 90 valence electrons. The Kier molecular flexibility index (Phi) is 3.72. The summed E-state index contributed by atoms with van der Waals surface area (Å²) in [5.74, 6) is 1.05. The van der Waals surface area contributed by atoms with Gasteiger partial charge in [-0.05, 0) is 12.5 Å². The number of phenolic OH excluding ortho intramolecular Hbond substituents is 1. The Hall–Kier alpha value is -1.88. The number of hydrogen-bond acceptors (Lipinski definition) is 5. The van der Waals surface area contributed by atoms with Crippen molar-refractivity contribution < 1.29 is 9.63 Å². The van der Waals surface area contributed by atoms with E-state index in [1.165, 1.54) is 6.39 Å². The van der Waals surface area contributed by atoms with Crippen LogP contribution in [-0.2, 0) is 13.0 Å². The van der Waals surface area contributed by atoms with Gasteiger partial charge in [-0.15, -0.1) is 0 Å². The zero-order chi connectivity index (χ0) is 12.1. The minimum Gasteiger partial charge on any atom is -0.507 e. The molecule has 0 aliphatic heterocycles. The van der Waals surface area contributed by atoms with E-state index < -0.39 is 0 Å². The average molecular weight is 233 g/mol. The summed E-state index contributed by atoms with van der Waals surface area (Å²) in [5.41, 5.74) is 1.79. The van der Waals surface area contributed by atoms with Crippen molar-refractivity contribution in [3.63, 3.8) is 0 Å². The van der Waals surface area contributed by atoms with Gasteiger partial charge in [-0.3, -0.25) is 0 Å². The van der Waals surface area contributed by atoms with E-state index >= 15 is 0 Å². The summed E-state index contributed by atoms with van der Waals surface area (Å²) in [6, 6.07) is 5.73. The van der Waals surface area contributed by atoms with Crippen molar-refractivity contribution in [2.75, 3.05) is 6.54 Å². The minimum absolute atomic E-state index is 0.361. The van der Waals surface area contributed by atoms with E-state index in [2.05, 4.69) is 20.0 Å². The van der Waals surface area contributed by atoms with E-state index in [1.807, 2.05) is 25.1 Å². The summed E-state index contributed by atoms with van der Waals surface area (Å²) >= 11 is 0. The van der Waals surface area contributed by atoms with Crippen LogP contribution in [0.25, 0.3) is 0 Å². The van der Waals surface area contributed by atoms with E-state index in [4.69, 9.17) is 0 Å². The van der Waals surface area contributed by atoms with Crippen LogP contribution in [0.4, 0.5) is 0 Å². The summed E-state index contributed by atoms with van der Waals surface area (Å²) in [4.78, 5) is 3.93. The van der Waals surface area contributed by atoms with Gasteiger partial charge < -0.3 is 14.9 Å². The maximum atomic E-state index is 9.80. The molecule has 0 saturated carbocycles. The fourth-order valence-electron chi connectivity index (χ4n) is 1.59. The number of aromatic nitrogens is 2. The first-order chi connectivity index (χ1) is 8.27. The predicted molar refractivity (Wildman–Crippen MR) is 62.6 cm³/mol. The van der Waals surface area contributed by atoms with Crippen LogP contribution >= 0.6 is 0 Å². The molecule has 0 radical (unpaired) electrons. The third kappa shape index (κ3) is 3.04. The van der Waals surface area contributed by atoms with E-state index in [0.29, 0.717) is 24.5 Å². The molecule has 5 heteroatoms.